The van der Waals surface area contributed by atoms with Crippen molar-refractivity contribution in [3.8, 4) is 17.6 Å². The normalized spacial score (nSPS) is 12.7. The molecule has 0 radical (unpaired) electrons. The molecular weight excluding hydrogens is 436 g/mol. The molecule has 8 heteroatoms. The van der Waals surface area contributed by atoms with Gasteiger partial charge in [-0.05, 0) is 49.8 Å². The summed E-state index contributed by atoms with van der Waals surface area (Å²) in [6.07, 6.45) is 3.27. The van der Waals surface area contributed by atoms with Crippen molar-refractivity contribution in [3.05, 3.63) is 75.9 Å². The molecule has 0 saturated heterocycles. The van der Waals surface area contributed by atoms with Gasteiger partial charge in [0.25, 0.3) is 5.91 Å². The van der Waals surface area contributed by atoms with Crippen molar-refractivity contribution in [2.24, 2.45) is 0 Å². The van der Waals surface area contributed by atoms with E-state index in [0.29, 0.717) is 11.7 Å². The van der Waals surface area contributed by atoms with Gasteiger partial charge in [0.2, 0.25) is 6.79 Å². The summed E-state index contributed by atoms with van der Waals surface area (Å²) in [6, 6.07) is 14.2. The lowest BCUT2D eigenvalue weighted by Gasteiger charge is -2.10. The molecule has 0 saturated carbocycles. The van der Waals surface area contributed by atoms with Gasteiger partial charge in [-0.25, -0.2) is 4.98 Å². The molecule has 164 valence electrons. The highest BCUT2D eigenvalue weighted by Crippen LogP contribution is 2.34. The van der Waals surface area contributed by atoms with Crippen LogP contribution >= 0.6 is 11.3 Å². The molecule has 1 amide bonds. The first-order chi connectivity index (χ1) is 16.0. The Balaban J connectivity index is 1.57. The first-order valence-corrected chi connectivity index (χ1v) is 11.2. The fourth-order valence-corrected chi connectivity index (χ4v) is 4.50. The van der Waals surface area contributed by atoms with Crippen LogP contribution < -0.4 is 14.8 Å². The number of carbonyl (C=O) groups is 1. The second-order valence-electron chi connectivity index (χ2n) is 7.75. The minimum Gasteiger partial charge on any atom is -0.454 e. The molecule has 0 spiro atoms. The lowest BCUT2D eigenvalue weighted by atomic mass is 10.1. The average Bonchev–Trinajstić information content (AvgIpc) is 3.53. The maximum Gasteiger partial charge on any atom is 0.268 e. The molecule has 0 aliphatic carbocycles. The van der Waals surface area contributed by atoms with Crippen molar-refractivity contribution < 1.29 is 14.3 Å². The second-order valence-corrected chi connectivity index (χ2v) is 8.65. The van der Waals surface area contributed by atoms with Crippen LogP contribution in [0.3, 0.4) is 0 Å². The topological polar surface area (TPSA) is 89.2 Å². The van der Waals surface area contributed by atoms with E-state index in [0.717, 1.165) is 44.8 Å². The number of anilines is 1. The Kier molecular flexibility index (Phi) is 5.32. The summed E-state index contributed by atoms with van der Waals surface area (Å²) in [5, 5.41) is 15.6. The van der Waals surface area contributed by atoms with Crippen LogP contribution in [-0.2, 0) is 11.3 Å². The zero-order chi connectivity index (χ0) is 22.9. The van der Waals surface area contributed by atoms with Crippen LogP contribution in [0.25, 0.3) is 17.0 Å². The van der Waals surface area contributed by atoms with Crippen LogP contribution in [0.5, 0.6) is 11.5 Å². The lowest BCUT2D eigenvalue weighted by molar-refractivity contribution is -0.112. The maximum absolute atomic E-state index is 12.7. The summed E-state index contributed by atoms with van der Waals surface area (Å²) in [6.45, 7) is 4.88. The number of carbonyl (C=O) groups excluding carboxylic acids is 1. The number of rotatable bonds is 5. The van der Waals surface area contributed by atoms with Gasteiger partial charge in [-0.1, -0.05) is 17.7 Å². The number of nitrogens with zero attached hydrogens (tertiary/aromatic N) is 3. The highest BCUT2D eigenvalue weighted by Gasteiger charge is 2.18. The second kappa shape index (κ2) is 8.45. The van der Waals surface area contributed by atoms with Gasteiger partial charge in [-0.3, -0.25) is 10.1 Å². The fraction of sp³-hybridized carbons (Fsp3) is 0.160. The third kappa shape index (κ3) is 3.95. The van der Waals surface area contributed by atoms with E-state index < -0.39 is 5.91 Å². The van der Waals surface area contributed by atoms with Gasteiger partial charge in [0.15, 0.2) is 16.6 Å². The number of benzene rings is 2. The molecule has 2 aromatic heterocycles. The van der Waals surface area contributed by atoms with Crippen molar-refractivity contribution in [1.82, 2.24) is 9.55 Å². The van der Waals surface area contributed by atoms with Gasteiger partial charge in [0.1, 0.15) is 11.6 Å². The van der Waals surface area contributed by atoms with Gasteiger partial charge in [0, 0.05) is 40.3 Å². The number of hydrogen-bond donors (Lipinski definition) is 1. The predicted molar refractivity (Wildman–Crippen MR) is 127 cm³/mol. The van der Waals surface area contributed by atoms with Crippen molar-refractivity contribution in [3.63, 3.8) is 0 Å². The number of amides is 1. The van der Waals surface area contributed by atoms with E-state index in [-0.39, 0.29) is 12.4 Å². The largest absolute Gasteiger partial charge is 0.454 e. The highest BCUT2D eigenvalue weighted by atomic mass is 32.1. The third-order valence-electron chi connectivity index (χ3n) is 5.61. The molecular formula is C25H20N4O3S. The molecule has 33 heavy (non-hydrogen) atoms. The maximum atomic E-state index is 12.7. The van der Waals surface area contributed by atoms with Crippen molar-refractivity contribution in [2.45, 2.75) is 20.4 Å². The Hall–Kier alpha value is -4.09. The summed E-state index contributed by atoms with van der Waals surface area (Å²) in [7, 11) is 0. The number of nitrogens with one attached hydrogen (secondary N) is 1. The van der Waals surface area contributed by atoms with Crippen LogP contribution in [0.4, 0.5) is 5.13 Å². The zero-order valence-electron chi connectivity index (χ0n) is 18.1. The molecule has 0 unspecified atom stereocenters. The number of fused-ring (bicyclic) bond motifs is 2. The van der Waals surface area contributed by atoms with Gasteiger partial charge in [0.05, 0.1) is 0 Å². The van der Waals surface area contributed by atoms with Crippen molar-refractivity contribution >= 4 is 39.4 Å². The van der Waals surface area contributed by atoms with Crippen molar-refractivity contribution in [1.29, 1.82) is 5.26 Å². The number of aromatic nitrogens is 2. The SMILES string of the molecule is Cc1ccc2c(c1)c(/C=C(/C#N)C(=O)Nc1nccs1)c(C)n2Cc1ccc2c(c1)OCO2. The monoisotopic (exact) mass is 456 g/mol. The fourth-order valence-electron chi connectivity index (χ4n) is 3.97. The number of aryl methyl sites for hydroxylation is 1. The Morgan fingerprint density at radius 2 is 2.09 bits per heavy atom. The average molecular weight is 457 g/mol. The molecule has 0 atom stereocenters. The van der Waals surface area contributed by atoms with Crippen LogP contribution in [0.15, 0.2) is 53.5 Å². The van der Waals surface area contributed by atoms with Crippen LogP contribution in [0.2, 0.25) is 0 Å². The minimum atomic E-state index is -0.476. The Morgan fingerprint density at radius 1 is 1.24 bits per heavy atom. The highest BCUT2D eigenvalue weighted by molar-refractivity contribution is 7.13. The Labute approximate surface area is 194 Å². The van der Waals surface area contributed by atoms with E-state index in [1.54, 1.807) is 17.7 Å². The summed E-state index contributed by atoms with van der Waals surface area (Å²) in [5.74, 6) is 1.01. The van der Waals surface area contributed by atoms with E-state index in [1.807, 2.05) is 38.1 Å². The van der Waals surface area contributed by atoms with E-state index in [9.17, 15) is 10.1 Å². The summed E-state index contributed by atoms with van der Waals surface area (Å²) in [5.41, 5.74) is 5.03. The first-order valence-electron chi connectivity index (χ1n) is 10.3. The van der Waals surface area contributed by atoms with Gasteiger partial charge in [-0.2, -0.15) is 5.26 Å². The number of ether oxygens (including phenoxy) is 2. The number of thiazole rings is 1. The van der Waals surface area contributed by atoms with E-state index >= 15 is 0 Å². The zero-order valence-corrected chi connectivity index (χ0v) is 18.9. The van der Waals surface area contributed by atoms with E-state index in [1.165, 1.54) is 11.3 Å². The molecule has 0 bridgehead atoms. The van der Waals surface area contributed by atoms with Crippen LogP contribution in [-0.4, -0.2) is 22.3 Å². The molecule has 5 rings (SSSR count). The van der Waals surface area contributed by atoms with Crippen LogP contribution in [0.1, 0.15) is 22.4 Å². The smallest absolute Gasteiger partial charge is 0.268 e. The summed E-state index contributed by atoms with van der Waals surface area (Å²) in [4.78, 5) is 16.8. The molecule has 3 heterocycles. The quantitative estimate of drug-likeness (QED) is 0.336. The lowest BCUT2D eigenvalue weighted by Crippen LogP contribution is -2.13. The Bertz CT molecular complexity index is 1440. The third-order valence-corrected chi connectivity index (χ3v) is 6.30. The minimum absolute atomic E-state index is 0.0249. The molecule has 4 aromatic rings. The molecule has 0 fully saturated rings. The number of nitriles is 1. The molecule has 2 aromatic carbocycles. The van der Waals surface area contributed by atoms with E-state index in [4.69, 9.17) is 9.47 Å². The molecule has 1 aliphatic heterocycles. The number of hydrogen-bond acceptors (Lipinski definition) is 6. The predicted octanol–water partition coefficient (Wildman–Crippen LogP) is 5.04. The van der Waals surface area contributed by atoms with Crippen molar-refractivity contribution in [2.75, 3.05) is 12.1 Å². The first kappa shape index (κ1) is 20.8. The standard InChI is InChI=1S/C25H20N4O3S/c1-15-3-5-21-20(9-15)19(11-18(12-26)24(30)28-25-27-7-8-33-25)16(2)29(21)13-17-4-6-22-23(10-17)32-14-31-22/h3-11H,13-14H2,1-2H3,(H,27,28,30)/b18-11-. The summed E-state index contributed by atoms with van der Waals surface area (Å²) >= 11 is 1.30. The summed E-state index contributed by atoms with van der Waals surface area (Å²) < 4.78 is 13.1. The van der Waals surface area contributed by atoms with Gasteiger partial charge in [-0.15, -0.1) is 11.3 Å². The van der Waals surface area contributed by atoms with E-state index in [2.05, 4.69) is 33.1 Å². The molecule has 7 nitrogen and oxygen atoms in total. The molecule has 1 aliphatic rings. The van der Waals surface area contributed by atoms with Gasteiger partial charge >= 0.3 is 0 Å². The Morgan fingerprint density at radius 3 is 2.88 bits per heavy atom. The van der Waals surface area contributed by atoms with Crippen LogP contribution in [0, 0.1) is 25.2 Å². The molecule has 1 N–H and O–H groups in total. The van der Waals surface area contributed by atoms with Gasteiger partial charge < -0.3 is 14.0 Å².